The maximum Gasteiger partial charge on any atom is 0.293 e. The van der Waals surface area contributed by atoms with Crippen molar-refractivity contribution >= 4 is 52.2 Å². The normalized spacial score (nSPS) is 14.2. The number of para-hydroxylation sites is 1. The molecule has 3 amide bonds. The molecule has 1 aliphatic heterocycles. The van der Waals surface area contributed by atoms with E-state index in [2.05, 4.69) is 5.32 Å². The van der Waals surface area contributed by atoms with Crippen molar-refractivity contribution in [3.63, 3.8) is 0 Å². The first-order chi connectivity index (χ1) is 17.8. The van der Waals surface area contributed by atoms with Gasteiger partial charge in [0.1, 0.15) is 18.1 Å². The van der Waals surface area contributed by atoms with Crippen LogP contribution in [0.4, 0.5) is 10.5 Å². The SMILES string of the molecule is Cc1cccc(NC(=O)COc2cccc(/C=C3\SC(=O)N(CCOc4ccccc4Cl)C3=O)c2)c1C. The van der Waals surface area contributed by atoms with E-state index < -0.39 is 5.91 Å². The van der Waals surface area contributed by atoms with Crippen molar-refractivity contribution in [3.8, 4) is 11.5 Å². The number of nitrogens with zero attached hydrogens (tertiary/aromatic N) is 1. The number of imide groups is 1. The second kappa shape index (κ2) is 12.0. The molecule has 0 saturated carbocycles. The van der Waals surface area contributed by atoms with Crippen molar-refractivity contribution in [1.29, 1.82) is 0 Å². The summed E-state index contributed by atoms with van der Waals surface area (Å²) in [6, 6.07) is 19.7. The van der Waals surface area contributed by atoms with E-state index in [1.54, 1.807) is 54.6 Å². The standard InChI is InChI=1S/C28H25ClN2O5S/c1-18-7-5-11-23(19(18)2)30-26(32)17-36-21-9-6-8-20(15-21)16-25-27(33)31(28(34)37-25)13-14-35-24-12-4-3-10-22(24)29/h3-12,15-16H,13-14,17H2,1-2H3,(H,30,32)/b25-16-. The zero-order chi connectivity index (χ0) is 26.4. The Labute approximate surface area is 224 Å². The summed E-state index contributed by atoms with van der Waals surface area (Å²) >= 11 is 6.94. The van der Waals surface area contributed by atoms with Gasteiger partial charge in [0.2, 0.25) is 0 Å². The third-order valence-corrected chi connectivity index (χ3v) is 6.91. The fourth-order valence-electron chi connectivity index (χ4n) is 3.57. The quantitative estimate of drug-likeness (QED) is 0.333. The lowest BCUT2D eigenvalue weighted by Crippen LogP contribution is -2.32. The highest BCUT2D eigenvalue weighted by molar-refractivity contribution is 8.18. The number of hydrogen-bond donors (Lipinski definition) is 1. The van der Waals surface area contributed by atoms with Gasteiger partial charge in [0, 0.05) is 5.69 Å². The minimum absolute atomic E-state index is 0.103. The summed E-state index contributed by atoms with van der Waals surface area (Å²) in [5, 5.41) is 2.95. The molecule has 1 heterocycles. The Morgan fingerprint density at radius 2 is 1.81 bits per heavy atom. The van der Waals surface area contributed by atoms with Gasteiger partial charge in [0.25, 0.3) is 17.1 Å². The Bertz CT molecular complexity index is 1370. The maximum atomic E-state index is 12.8. The van der Waals surface area contributed by atoms with Crippen LogP contribution in [-0.2, 0) is 9.59 Å². The van der Waals surface area contributed by atoms with E-state index in [9.17, 15) is 14.4 Å². The Balaban J connectivity index is 1.33. The van der Waals surface area contributed by atoms with Crippen molar-refractivity contribution in [1.82, 2.24) is 4.90 Å². The summed E-state index contributed by atoms with van der Waals surface area (Å²) in [7, 11) is 0. The molecule has 7 nitrogen and oxygen atoms in total. The summed E-state index contributed by atoms with van der Waals surface area (Å²) in [6.07, 6.45) is 1.63. The molecule has 0 aromatic heterocycles. The molecule has 0 spiro atoms. The molecule has 37 heavy (non-hydrogen) atoms. The number of hydrogen-bond acceptors (Lipinski definition) is 6. The number of halogens is 1. The van der Waals surface area contributed by atoms with E-state index in [0.29, 0.717) is 27.0 Å². The van der Waals surface area contributed by atoms with Crippen LogP contribution in [0.3, 0.4) is 0 Å². The molecule has 9 heteroatoms. The van der Waals surface area contributed by atoms with Crippen molar-refractivity contribution in [2.45, 2.75) is 13.8 Å². The van der Waals surface area contributed by atoms with Crippen LogP contribution in [0, 0.1) is 13.8 Å². The van der Waals surface area contributed by atoms with Crippen molar-refractivity contribution in [2.75, 3.05) is 25.1 Å². The van der Waals surface area contributed by atoms with Crippen LogP contribution >= 0.6 is 23.4 Å². The number of aryl methyl sites for hydroxylation is 1. The highest BCUT2D eigenvalue weighted by atomic mass is 35.5. The molecule has 0 unspecified atom stereocenters. The van der Waals surface area contributed by atoms with Gasteiger partial charge in [-0.15, -0.1) is 0 Å². The largest absolute Gasteiger partial charge is 0.490 e. The number of thioether (sulfide) groups is 1. The number of rotatable bonds is 9. The van der Waals surface area contributed by atoms with Gasteiger partial charge < -0.3 is 14.8 Å². The molecule has 4 rings (SSSR count). The second-order valence-corrected chi connectivity index (χ2v) is 9.67. The van der Waals surface area contributed by atoms with Crippen molar-refractivity contribution < 1.29 is 23.9 Å². The van der Waals surface area contributed by atoms with E-state index in [4.69, 9.17) is 21.1 Å². The predicted octanol–water partition coefficient (Wildman–Crippen LogP) is 6.09. The van der Waals surface area contributed by atoms with E-state index in [1.807, 2.05) is 32.0 Å². The van der Waals surface area contributed by atoms with Crippen LogP contribution in [0.1, 0.15) is 16.7 Å². The van der Waals surface area contributed by atoms with E-state index in [0.717, 1.165) is 33.5 Å². The molecule has 1 fully saturated rings. The summed E-state index contributed by atoms with van der Waals surface area (Å²) in [6.45, 7) is 3.99. The number of benzene rings is 3. The first kappa shape index (κ1) is 26.3. The van der Waals surface area contributed by atoms with Gasteiger partial charge in [0.15, 0.2) is 6.61 Å². The average Bonchev–Trinajstić information content (AvgIpc) is 3.14. The molecule has 0 radical (unpaired) electrons. The molecule has 190 valence electrons. The lowest BCUT2D eigenvalue weighted by atomic mass is 10.1. The van der Waals surface area contributed by atoms with Crippen LogP contribution < -0.4 is 14.8 Å². The van der Waals surface area contributed by atoms with E-state index in [-0.39, 0.29) is 30.9 Å². The topological polar surface area (TPSA) is 84.9 Å². The zero-order valence-corrected chi connectivity index (χ0v) is 21.9. The molecule has 0 bridgehead atoms. The number of nitrogens with one attached hydrogen (secondary N) is 1. The number of carbonyl (C=O) groups excluding carboxylic acids is 3. The number of ether oxygens (including phenoxy) is 2. The van der Waals surface area contributed by atoms with Gasteiger partial charge in [-0.2, -0.15) is 0 Å². The minimum Gasteiger partial charge on any atom is -0.490 e. The maximum absolute atomic E-state index is 12.8. The van der Waals surface area contributed by atoms with E-state index in [1.165, 1.54) is 0 Å². The number of anilines is 1. The van der Waals surface area contributed by atoms with Gasteiger partial charge in [-0.05, 0) is 78.7 Å². The molecule has 1 N–H and O–H groups in total. The van der Waals surface area contributed by atoms with Gasteiger partial charge in [-0.25, -0.2) is 0 Å². The third kappa shape index (κ3) is 6.72. The first-order valence-corrected chi connectivity index (χ1v) is 12.7. The highest BCUT2D eigenvalue weighted by Crippen LogP contribution is 2.33. The molecule has 1 aliphatic rings. The molecular weight excluding hydrogens is 512 g/mol. The summed E-state index contributed by atoms with van der Waals surface area (Å²) in [5.41, 5.74) is 3.51. The van der Waals surface area contributed by atoms with Crippen LogP contribution in [-0.4, -0.2) is 41.7 Å². The fraction of sp³-hybridized carbons (Fsp3) is 0.179. The Morgan fingerprint density at radius 1 is 1.03 bits per heavy atom. The zero-order valence-electron chi connectivity index (χ0n) is 20.3. The smallest absolute Gasteiger partial charge is 0.293 e. The number of carbonyl (C=O) groups is 3. The van der Waals surface area contributed by atoms with Crippen LogP contribution in [0.25, 0.3) is 6.08 Å². The van der Waals surface area contributed by atoms with E-state index >= 15 is 0 Å². The third-order valence-electron chi connectivity index (χ3n) is 5.69. The molecule has 1 saturated heterocycles. The Morgan fingerprint density at radius 3 is 2.62 bits per heavy atom. The monoisotopic (exact) mass is 536 g/mol. The average molecular weight is 537 g/mol. The van der Waals surface area contributed by atoms with Gasteiger partial charge in [-0.3, -0.25) is 19.3 Å². The summed E-state index contributed by atoms with van der Waals surface area (Å²) < 4.78 is 11.3. The van der Waals surface area contributed by atoms with Crippen molar-refractivity contribution in [3.05, 3.63) is 93.3 Å². The molecule has 3 aromatic carbocycles. The lowest BCUT2D eigenvalue weighted by Gasteiger charge is -2.13. The fourth-order valence-corrected chi connectivity index (χ4v) is 4.62. The summed E-state index contributed by atoms with van der Waals surface area (Å²) in [5.74, 6) is 0.291. The molecule has 0 aliphatic carbocycles. The lowest BCUT2D eigenvalue weighted by molar-refractivity contribution is -0.123. The predicted molar refractivity (Wildman–Crippen MR) is 146 cm³/mol. The molecule has 3 aromatic rings. The molecule has 0 atom stereocenters. The van der Waals surface area contributed by atoms with Crippen LogP contribution in [0.15, 0.2) is 71.6 Å². The number of amides is 3. The first-order valence-electron chi connectivity index (χ1n) is 11.5. The Hall–Kier alpha value is -3.75. The second-order valence-electron chi connectivity index (χ2n) is 8.27. The van der Waals surface area contributed by atoms with Gasteiger partial charge in [0.05, 0.1) is 16.5 Å². The van der Waals surface area contributed by atoms with Crippen molar-refractivity contribution in [2.24, 2.45) is 0 Å². The van der Waals surface area contributed by atoms with Gasteiger partial charge in [-0.1, -0.05) is 48.0 Å². The molecular formula is C28H25ClN2O5S. The van der Waals surface area contributed by atoms with Gasteiger partial charge >= 0.3 is 0 Å². The summed E-state index contributed by atoms with van der Waals surface area (Å²) in [4.78, 5) is 39.0. The highest BCUT2D eigenvalue weighted by Gasteiger charge is 2.34. The van der Waals surface area contributed by atoms with Crippen LogP contribution in [0.2, 0.25) is 5.02 Å². The van der Waals surface area contributed by atoms with Crippen LogP contribution in [0.5, 0.6) is 11.5 Å². The Kier molecular flexibility index (Phi) is 8.53. The minimum atomic E-state index is -0.392.